The minimum Gasteiger partial charge on any atom is -0.329 e. The molecule has 0 spiro atoms. The van der Waals surface area contributed by atoms with Crippen molar-refractivity contribution >= 4 is 0 Å². The first-order valence-electron chi connectivity index (χ1n) is 5.61. The molecule has 0 heterocycles. The molecule has 0 bridgehead atoms. The van der Waals surface area contributed by atoms with Crippen molar-refractivity contribution < 1.29 is 0 Å². The van der Waals surface area contributed by atoms with Crippen LogP contribution in [-0.4, -0.2) is 18.6 Å². The molecule has 78 valence electrons. The van der Waals surface area contributed by atoms with E-state index >= 15 is 0 Å². The van der Waals surface area contributed by atoms with Gasteiger partial charge in [0.05, 0.1) is 0 Å². The van der Waals surface area contributed by atoms with Crippen LogP contribution in [0.1, 0.15) is 40.0 Å². The van der Waals surface area contributed by atoms with Crippen molar-refractivity contribution in [2.24, 2.45) is 17.6 Å². The minimum absolute atomic E-state index is 0.229. The van der Waals surface area contributed by atoms with Crippen LogP contribution >= 0.6 is 0 Å². The summed E-state index contributed by atoms with van der Waals surface area (Å²) in [5.41, 5.74) is 6.14. The molecule has 0 radical (unpaired) electrons. The molecule has 2 nitrogen and oxygen atoms in total. The molecule has 3 N–H and O–H groups in total. The van der Waals surface area contributed by atoms with Gasteiger partial charge in [-0.05, 0) is 24.8 Å². The molecule has 3 unspecified atom stereocenters. The Morgan fingerprint density at radius 1 is 1.46 bits per heavy atom. The van der Waals surface area contributed by atoms with Crippen LogP contribution in [0.15, 0.2) is 0 Å². The van der Waals surface area contributed by atoms with E-state index in [1.165, 1.54) is 19.3 Å². The van der Waals surface area contributed by atoms with Crippen LogP contribution in [0.4, 0.5) is 0 Å². The molecular weight excluding hydrogens is 160 g/mol. The Kier molecular flexibility index (Phi) is 3.74. The largest absolute Gasteiger partial charge is 0.329 e. The molecule has 13 heavy (non-hydrogen) atoms. The molecule has 1 aliphatic carbocycles. The summed E-state index contributed by atoms with van der Waals surface area (Å²) in [5.74, 6) is 1.53. The highest BCUT2D eigenvalue weighted by molar-refractivity contribution is 4.98. The van der Waals surface area contributed by atoms with Crippen LogP contribution < -0.4 is 11.1 Å². The topological polar surface area (TPSA) is 38.0 Å². The SMILES string of the molecule is CCNC1(CN)CCCC(C)C1C. The number of hydrogen-bond donors (Lipinski definition) is 2. The van der Waals surface area contributed by atoms with E-state index in [0.29, 0.717) is 5.92 Å². The van der Waals surface area contributed by atoms with E-state index in [1.54, 1.807) is 0 Å². The van der Waals surface area contributed by atoms with Gasteiger partial charge in [-0.15, -0.1) is 0 Å². The van der Waals surface area contributed by atoms with Crippen molar-refractivity contribution in [2.75, 3.05) is 13.1 Å². The lowest BCUT2D eigenvalue weighted by Gasteiger charge is -2.46. The molecule has 0 aromatic heterocycles. The van der Waals surface area contributed by atoms with Crippen LogP contribution in [0, 0.1) is 11.8 Å². The summed E-state index contributed by atoms with van der Waals surface area (Å²) in [6.07, 6.45) is 3.95. The lowest BCUT2D eigenvalue weighted by atomic mass is 9.68. The second kappa shape index (κ2) is 4.43. The highest BCUT2D eigenvalue weighted by atomic mass is 15.0. The fourth-order valence-electron chi connectivity index (χ4n) is 2.72. The van der Waals surface area contributed by atoms with Crippen molar-refractivity contribution in [3.05, 3.63) is 0 Å². The average molecular weight is 184 g/mol. The predicted octanol–water partition coefficient (Wildman–Crippen LogP) is 1.75. The van der Waals surface area contributed by atoms with Crippen molar-refractivity contribution in [1.82, 2.24) is 5.32 Å². The van der Waals surface area contributed by atoms with Gasteiger partial charge in [0.1, 0.15) is 0 Å². The Morgan fingerprint density at radius 2 is 2.15 bits per heavy atom. The maximum Gasteiger partial charge on any atom is 0.0332 e. The quantitative estimate of drug-likeness (QED) is 0.701. The van der Waals surface area contributed by atoms with Crippen LogP contribution in [0.25, 0.3) is 0 Å². The standard InChI is InChI=1S/C11H24N2/c1-4-13-11(8-12)7-5-6-9(2)10(11)3/h9-10,13H,4-8,12H2,1-3H3. The number of rotatable bonds is 3. The Hall–Kier alpha value is -0.0800. The summed E-state index contributed by atoms with van der Waals surface area (Å²) >= 11 is 0. The third-order valence-corrected chi connectivity index (χ3v) is 3.90. The van der Waals surface area contributed by atoms with E-state index in [0.717, 1.165) is 19.0 Å². The Balaban J connectivity index is 2.70. The van der Waals surface area contributed by atoms with E-state index < -0.39 is 0 Å². The Bertz CT molecular complexity index is 154. The molecule has 2 heteroatoms. The highest BCUT2D eigenvalue weighted by Gasteiger charge is 2.39. The zero-order valence-corrected chi connectivity index (χ0v) is 9.27. The van der Waals surface area contributed by atoms with Crippen LogP contribution in [0.3, 0.4) is 0 Å². The van der Waals surface area contributed by atoms with Crippen LogP contribution in [0.2, 0.25) is 0 Å². The van der Waals surface area contributed by atoms with Gasteiger partial charge >= 0.3 is 0 Å². The number of hydrogen-bond acceptors (Lipinski definition) is 2. The van der Waals surface area contributed by atoms with E-state index in [9.17, 15) is 0 Å². The normalized spacial score (nSPS) is 40.6. The maximum atomic E-state index is 5.91. The molecule has 0 aromatic rings. The van der Waals surface area contributed by atoms with E-state index in [4.69, 9.17) is 5.73 Å². The third-order valence-electron chi connectivity index (χ3n) is 3.90. The van der Waals surface area contributed by atoms with Crippen molar-refractivity contribution in [2.45, 2.75) is 45.6 Å². The summed E-state index contributed by atoms with van der Waals surface area (Å²) in [7, 11) is 0. The minimum atomic E-state index is 0.229. The van der Waals surface area contributed by atoms with Gasteiger partial charge in [0.15, 0.2) is 0 Å². The van der Waals surface area contributed by atoms with Gasteiger partial charge < -0.3 is 11.1 Å². The average Bonchev–Trinajstić information content (AvgIpc) is 2.13. The Labute approximate surface area is 82.3 Å². The predicted molar refractivity (Wildman–Crippen MR) is 57.6 cm³/mol. The van der Waals surface area contributed by atoms with Crippen LogP contribution in [-0.2, 0) is 0 Å². The lowest BCUT2D eigenvalue weighted by molar-refractivity contribution is 0.114. The summed E-state index contributed by atoms with van der Waals surface area (Å²) in [5, 5.41) is 3.60. The molecule has 1 saturated carbocycles. The molecule has 0 aromatic carbocycles. The fraction of sp³-hybridized carbons (Fsp3) is 1.00. The fourth-order valence-corrected chi connectivity index (χ4v) is 2.72. The number of nitrogens with two attached hydrogens (primary N) is 1. The van der Waals surface area contributed by atoms with Crippen molar-refractivity contribution in [3.63, 3.8) is 0 Å². The van der Waals surface area contributed by atoms with Gasteiger partial charge in [0.2, 0.25) is 0 Å². The van der Waals surface area contributed by atoms with Gasteiger partial charge in [-0.3, -0.25) is 0 Å². The molecular formula is C11H24N2. The first-order valence-corrected chi connectivity index (χ1v) is 5.61. The van der Waals surface area contributed by atoms with Gasteiger partial charge in [-0.1, -0.05) is 33.6 Å². The summed E-state index contributed by atoms with van der Waals surface area (Å²) in [6.45, 7) is 8.69. The van der Waals surface area contributed by atoms with Crippen molar-refractivity contribution in [1.29, 1.82) is 0 Å². The lowest BCUT2D eigenvalue weighted by Crippen LogP contribution is -2.59. The van der Waals surface area contributed by atoms with E-state index in [1.807, 2.05) is 0 Å². The third kappa shape index (κ3) is 2.05. The summed E-state index contributed by atoms with van der Waals surface area (Å²) < 4.78 is 0. The smallest absolute Gasteiger partial charge is 0.0332 e. The zero-order valence-electron chi connectivity index (χ0n) is 9.27. The first-order chi connectivity index (χ1) is 6.16. The molecule has 0 aliphatic heterocycles. The highest BCUT2D eigenvalue weighted by Crippen LogP contribution is 2.36. The summed E-state index contributed by atoms with van der Waals surface area (Å²) in [6, 6.07) is 0. The first kappa shape index (κ1) is 11.0. The summed E-state index contributed by atoms with van der Waals surface area (Å²) in [4.78, 5) is 0. The zero-order chi connectivity index (χ0) is 9.90. The Morgan fingerprint density at radius 3 is 2.69 bits per heavy atom. The molecule has 0 saturated heterocycles. The maximum absolute atomic E-state index is 5.91. The van der Waals surface area contributed by atoms with Gasteiger partial charge in [0.25, 0.3) is 0 Å². The van der Waals surface area contributed by atoms with E-state index in [2.05, 4.69) is 26.1 Å². The monoisotopic (exact) mass is 184 g/mol. The number of likely N-dealkylation sites (N-methyl/N-ethyl adjacent to an activating group) is 1. The van der Waals surface area contributed by atoms with Gasteiger partial charge in [-0.25, -0.2) is 0 Å². The molecule has 1 fully saturated rings. The molecule has 0 amide bonds. The molecule has 3 atom stereocenters. The van der Waals surface area contributed by atoms with E-state index in [-0.39, 0.29) is 5.54 Å². The number of nitrogens with one attached hydrogen (secondary N) is 1. The van der Waals surface area contributed by atoms with Crippen molar-refractivity contribution in [3.8, 4) is 0 Å². The van der Waals surface area contributed by atoms with Crippen LogP contribution in [0.5, 0.6) is 0 Å². The second-order valence-corrected chi connectivity index (χ2v) is 4.55. The second-order valence-electron chi connectivity index (χ2n) is 4.55. The van der Waals surface area contributed by atoms with Gasteiger partial charge in [0, 0.05) is 12.1 Å². The molecule has 1 rings (SSSR count). The molecule has 1 aliphatic rings. The van der Waals surface area contributed by atoms with Gasteiger partial charge in [-0.2, -0.15) is 0 Å².